The van der Waals surface area contributed by atoms with Crippen molar-refractivity contribution >= 4 is 44.7 Å². The maximum atomic E-state index is 5.98. The van der Waals surface area contributed by atoms with Gasteiger partial charge in [0.1, 0.15) is 16.4 Å². The van der Waals surface area contributed by atoms with Gasteiger partial charge in [-0.1, -0.05) is 6.07 Å². The van der Waals surface area contributed by atoms with Crippen molar-refractivity contribution in [2.45, 2.75) is 61.7 Å². The SMILES string of the molecule is c1csc(-c2nnc(Sc3nc(C[NH+]4CCCCC4)nc4sc5c(c34)CCCC5)o2)c1. The second-order valence-corrected chi connectivity index (χ2v) is 11.2. The molecule has 6 nitrogen and oxygen atoms in total. The number of piperidine rings is 1. The highest BCUT2D eigenvalue weighted by atomic mass is 32.2. The Morgan fingerprint density at radius 1 is 1.03 bits per heavy atom. The van der Waals surface area contributed by atoms with E-state index in [0.717, 1.165) is 39.9 Å². The lowest BCUT2D eigenvalue weighted by molar-refractivity contribution is -0.919. The first-order valence-electron chi connectivity index (χ1n) is 11.0. The van der Waals surface area contributed by atoms with E-state index in [9.17, 15) is 0 Å². The van der Waals surface area contributed by atoms with Crippen LogP contribution in [0.1, 0.15) is 48.4 Å². The molecule has 0 spiro atoms. The van der Waals surface area contributed by atoms with Gasteiger partial charge in [-0.05, 0) is 73.7 Å². The van der Waals surface area contributed by atoms with E-state index in [1.54, 1.807) is 16.2 Å². The smallest absolute Gasteiger partial charge is 0.283 e. The van der Waals surface area contributed by atoms with Gasteiger partial charge in [0.2, 0.25) is 0 Å². The predicted octanol–water partition coefficient (Wildman–Crippen LogP) is 4.40. The van der Waals surface area contributed by atoms with Crippen LogP contribution in [0.25, 0.3) is 21.0 Å². The van der Waals surface area contributed by atoms with Crippen LogP contribution in [0.5, 0.6) is 0 Å². The largest absolute Gasteiger partial charge is 0.410 e. The van der Waals surface area contributed by atoms with Gasteiger partial charge in [0.15, 0.2) is 5.82 Å². The number of nitrogens with one attached hydrogen (secondary N) is 1. The van der Waals surface area contributed by atoms with Crippen LogP contribution < -0.4 is 4.90 Å². The molecule has 0 saturated carbocycles. The van der Waals surface area contributed by atoms with Crippen molar-refractivity contribution in [1.29, 1.82) is 0 Å². The van der Waals surface area contributed by atoms with Crippen molar-refractivity contribution in [1.82, 2.24) is 20.2 Å². The lowest BCUT2D eigenvalue weighted by Crippen LogP contribution is -3.11. The minimum Gasteiger partial charge on any atom is -0.410 e. The number of fused-ring (bicyclic) bond motifs is 3. The molecular weight excluding hydrogens is 446 g/mol. The number of thiophene rings is 2. The molecule has 4 aromatic heterocycles. The van der Waals surface area contributed by atoms with Crippen molar-refractivity contribution in [3.05, 3.63) is 33.8 Å². The molecule has 5 heterocycles. The van der Waals surface area contributed by atoms with Crippen molar-refractivity contribution in [3.8, 4) is 10.8 Å². The molecule has 1 saturated heterocycles. The molecule has 31 heavy (non-hydrogen) atoms. The molecule has 0 aromatic carbocycles. The third-order valence-corrected chi connectivity index (χ3v) is 8.99. The molecule has 6 rings (SSSR count). The topological polar surface area (TPSA) is 69.1 Å². The van der Waals surface area contributed by atoms with Crippen LogP contribution in [-0.4, -0.2) is 33.3 Å². The van der Waals surface area contributed by atoms with Crippen molar-refractivity contribution < 1.29 is 9.32 Å². The van der Waals surface area contributed by atoms with Gasteiger partial charge in [-0.3, -0.25) is 0 Å². The zero-order valence-electron chi connectivity index (χ0n) is 17.2. The number of hydrogen-bond acceptors (Lipinski definition) is 8. The molecule has 0 bridgehead atoms. The second kappa shape index (κ2) is 8.61. The Labute approximate surface area is 193 Å². The molecule has 2 aliphatic rings. The maximum Gasteiger partial charge on any atom is 0.283 e. The highest BCUT2D eigenvalue weighted by molar-refractivity contribution is 7.99. The van der Waals surface area contributed by atoms with E-state index < -0.39 is 0 Å². The van der Waals surface area contributed by atoms with Crippen LogP contribution in [0, 0.1) is 0 Å². The summed E-state index contributed by atoms with van der Waals surface area (Å²) in [7, 11) is 0. The third-order valence-electron chi connectivity index (χ3n) is 6.12. The van der Waals surface area contributed by atoms with Crippen LogP contribution >= 0.6 is 34.4 Å². The lowest BCUT2D eigenvalue weighted by atomic mass is 9.97. The number of quaternary nitrogens is 1. The zero-order chi connectivity index (χ0) is 20.6. The summed E-state index contributed by atoms with van der Waals surface area (Å²) in [6.45, 7) is 3.34. The summed E-state index contributed by atoms with van der Waals surface area (Å²) in [6, 6.07) is 4.00. The van der Waals surface area contributed by atoms with E-state index in [1.807, 2.05) is 28.8 Å². The second-order valence-electron chi connectivity index (χ2n) is 8.28. The Bertz CT molecular complexity index is 1190. The van der Waals surface area contributed by atoms with Gasteiger partial charge in [-0.15, -0.1) is 32.9 Å². The predicted molar refractivity (Wildman–Crippen MR) is 124 cm³/mol. The average molecular weight is 471 g/mol. The Kier molecular flexibility index (Phi) is 5.51. The molecule has 0 unspecified atom stereocenters. The quantitative estimate of drug-likeness (QED) is 0.436. The standard InChI is InChI=1S/C22H23N5OS3/c1-4-10-27(11-5-1)13-17-23-20-18(14-7-2-3-8-15(14)30-20)21(24-17)31-22-26-25-19(28-22)16-9-6-12-29-16/h6,9,12H,1-5,7-8,10-11,13H2/p+1. The molecule has 160 valence electrons. The Morgan fingerprint density at radius 2 is 1.94 bits per heavy atom. The summed E-state index contributed by atoms with van der Waals surface area (Å²) in [5, 5.41) is 13.3. The van der Waals surface area contributed by atoms with E-state index in [2.05, 4.69) is 10.2 Å². The highest BCUT2D eigenvalue weighted by Crippen LogP contribution is 2.41. The molecule has 0 amide bonds. The summed E-state index contributed by atoms with van der Waals surface area (Å²) in [6.07, 6.45) is 8.76. The normalized spacial score (nSPS) is 17.3. The first kappa shape index (κ1) is 19.8. The van der Waals surface area contributed by atoms with Gasteiger partial charge >= 0.3 is 0 Å². The number of hydrogen-bond donors (Lipinski definition) is 1. The first-order chi connectivity index (χ1) is 15.3. The highest BCUT2D eigenvalue weighted by Gasteiger charge is 2.24. The van der Waals surface area contributed by atoms with Crippen LogP contribution in [-0.2, 0) is 19.4 Å². The Hall–Kier alpha value is -1.81. The summed E-state index contributed by atoms with van der Waals surface area (Å²) in [5.74, 6) is 1.52. The fourth-order valence-electron chi connectivity index (χ4n) is 4.60. The van der Waals surface area contributed by atoms with Crippen molar-refractivity contribution in [3.63, 3.8) is 0 Å². The molecule has 0 atom stereocenters. The van der Waals surface area contributed by atoms with Crippen LogP contribution in [0.4, 0.5) is 0 Å². The van der Waals surface area contributed by atoms with Gasteiger partial charge in [0.05, 0.1) is 18.0 Å². The van der Waals surface area contributed by atoms with E-state index in [4.69, 9.17) is 14.4 Å². The number of nitrogens with zero attached hydrogens (tertiary/aromatic N) is 4. The minimum absolute atomic E-state index is 0.551. The summed E-state index contributed by atoms with van der Waals surface area (Å²) >= 11 is 4.97. The van der Waals surface area contributed by atoms with Crippen LogP contribution in [0.3, 0.4) is 0 Å². The van der Waals surface area contributed by atoms with Gasteiger partial charge in [-0.25, -0.2) is 9.97 Å². The van der Waals surface area contributed by atoms with Gasteiger partial charge in [0, 0.05) is 10.3 Å². The Morgan fingerprint density at radius 3 is 2.81 bits per heavy atom. The molecule has 1 aliphatic heterocycles. The lowest BCUT2D eigenvalue weighted by Gasteiger charge is -2.22. The van der Waals surface area contributed by atoms with E-state index in [-0.39, 0.29) is 0 Å². The number of likely N-dealkylation sites (tertiary alicyclic amines) is 1. The monoisotopic (exact) mass is 470 g/mol. The molecular formula is C22H24N5OS3+. The zero-order valence-corrected chi connectivity index (χ0v) is 19.7. The van der Waals surface area contributed by atoms with Crippen molar-refractivity contribution in [2.75, 3.05) is 13.1 Å². The number of aryl methyl sites for hydroxylation is 2. The number of rotatable bonds is 5. The molecule has 1 N–H and O–H groups in total. The molecule has 1 aliphatic carbocycles. The molecule has 0 radical (unpaired) electrons. The van der Waals surface area contributed by atoms with E-state index in [0.29, 0.717) is 11.1 Å². The number of aromatic nitrogens is 4. The summed E-state index contributed by atoms with van der Waals surface area (Å²) in [4.78, 5) is 15.3. The fraction of sp³-hybridized carbons (Fsp3) is 0.455. The molecule has 4 aromatic rings. The summed E-state index contributed by atoms with van der Waals surface area (Å²) in [5.41, 5.74) is 1.45. The van der Waals surface area contributed by atoms with E-state index >= 15 is 0 Å². The van der Waals surface area contributed by atoms with Crippen LogP contribution in [0.15, 0.2) is 32.2 Å². The average Bonchev–Trinajstić information content (AvgIpc) is 3.54. The summed E-state index contributed by atoms with van der Waals surface area (Å²) < 4.78 is 5.98. The van der Waals surface area contributed by atoms with Gasteiger partial charge < -0.3 is 9.32 Å². The minimum atomic E-state index is 0.551. The van der Waals surface area contributed by atoms with E-state index in [1.165, 1.54) is 72.8 Å². The van der Waals surface area contributed by atoms with Crippen LogP contribution in [0.2, 0.25) is 0 Å². The molecule has 9 heteroatoms. The Balaban J connectivity index is 1.38. The fourth-order valence-corrected chi connectivity index (χ4v) is 7.43. The van der Waals surface area contributed by atoms with Gasteiger partial charge in [0.25, 0.3) is 11.1 Å². The molecule has 1 fully saturated rings. The first-order valence-corrected chi connectivity index (χ1v) is 13.5. The van der Waals surface area contributed by atoms with Gasteiger partial charge in [-0.2, -0.15) is 0 Å². The third kappa shape index (κ3) is 4.04. The maximum absolute atomic E-state index is 5.98. The van der Waals surface area contributed by atoms with Crippen molar-refractivity contribution in [2.24, 2.45) is 0 Å².